The maximum absolute atomic E-state index is 5.79. The average Bonchev–Trinajstić information content (AvgIpc) is 3.59. The third-order valence-corrected chi connectivity index (χ3v) is 6.87. The fourth-order valence-electron chi connectivity index (χ4n) is 4.88. The van der Waals surface area contributed by atoms with Gasteiger partial charge in [0.05, 0.1) is 42.3 Å². The molecule has 178 valence electrons. The van der Waals surface area contributed by atoms with Gasteiger partial charge in [0.15, 0.2) is 0 Å². The van der Waals surface area contributed by atoms with E-state index in [2.05, 4.69) is 62.3 Å². The fourth-order valence-corrected chi connectivity index (χ4v) is 4.88. The number of aromatic amines is 1. The molecule has 0 spiro atoms. The highest BCUT2D eigenvalue weighted by Gasteiger charge is 2.29. The summed E-state index contributed by atoms with van der Waals surface area (Å²) in [5.74, 6) is 1.01. The molecule has 1 aliphatic carbocycles. The Hall–Kier alpha value is -3.23. The first kappa shape index (κ1) is 22.6. The van der Waals surface area contributed by atoms with Crippen molar-refractivity contribution in [2.24, 2.45) is 5.92 Å². The van der Waals surface area contributed by atoms with Gasteiger partial charge in [-0.15, -0.1) is 0 Å². The van der Waals surface area contributed by atoms with Crippen LogP contribution in [-0.2, 0) is 9.47 Å². The van der Waals surface area contributed by atoms with Crippen molar-refractivity contribution >= 4 is 16.7 Å². The van der Waals surface area contributed by atoms with Gasteiger partial charge in [0.25, 0.3) is 0 Å². The van der Waals surface area contributed by atoms with Crippen molar-refractivity contribution in [3.63, 3.8) is 0 Å². The van der Waals surface area contributed by atoms with Crippen molar-refractivity contribution in [3.05, 3.63) is 60.4 Å². The molecule has 1 aromatic carbocycles. The van der Waals surface area contributed by atoms with Crippen LogP contribution in [0.1, 0.15) is 19.8 Å². The van der Waals surface area contributed by atoms with E-state index in [1.807, 2.05) is 6.20 Å². The van der Waals surface area contributed by atoms with Crippen LogP contribution in [0, 0.1) is 5.92 Å². The van der Waals surface area contributed by atoms with Crippen LogP contribution >= 0.6 is 0 Å². The van der Waals surface area contributed by atoms with Crippen LogP contribution in [-0.4, -0.2) is 71.6 Å². The molecule has 2 atom stereocenters. The van der Waals surface area contributed by atoms with Gasteiger partial charge in [-0.1, -0.05) is 6.92 Å². The molecule has 0 bridgehead atoms. The molecule has 2 aliphatic rings. The molecule has 34 heavy (non-hydrogen) atoms. The van der Waals surface area contributed by atoms with Crippen LogP contribution in [0.2, 0.25) is 0 Å². The summed E-state index contributed by atoms with van der Waals surface area (Å²) in [5, 5.41) is 6.89. The number of anilines is 1. The number of nitrogens with zero attached hydrogens (tertiary/aromatic N) is 5. The van der Waals surface area contributed by atoms with Gasteiger partial charge >= 0.3 is 0 Å². The summed E-state index contributed by atoms with van der Waals surface area (Å²) >= 11 is 0. The number of hydrogen-bond acceptors (Lipinski definition) is 7. The lowest BCUT2D eigenvalue weighted by Crippen LogP contribution is -2.38. The monoisotopic (exact) mass is 460 g/mol. The second kappa shape index (κ2) is 9.95. The topological polar surface area (TPSA) is 79.4 Å². The first-order valence-electron chi connectivity index (χ1n) is 11.9. The van der Waals surface area contributed by atoms with Crippen LogP contribution in [0.4, 0.5) is 5.69 Å². The minimum absolute atomic E-state index is 0.0443. The summed E-state index contributed by atoms with van der Waals surface area (Å²) in [7, 11) is 3.46. The normalized spacial score (nSPS) is 20.9. The Morgan fingerprint density at radius 2 is 2.00 bits per heavy atom. The molecule has 0 saturated carbocycles. The second-order valence-electron chi connectivity index (χ2n) is 8.95. The lowest BCUT2D eigenvalue weighted by Gasteiger charge is -2.36. The molecule has 2 aromatic heterocycles. The van der Waals surface area contributed by atoms with E-state index < -0.39 is 0 Å². The van der Waals surface area contributed by atoms with E-state index >= 15 is 0 Å². The summed E-state index contributed by atoms with van der Waals surface area (Å²) < 4.78 is 11.4. The van der Waals surface area contributed by atoms with E-state index in [0.717, 1.165) is 46.8 Å². The van der Waals surface area contributed by atoms with Crippen LogP contribution in [0.5, 0.6) is 0 Å². The van der Waals surface area contributed by atoms with E-state index in [1.165, 1.54) is 31.6 Å². The SMILES string of the molecule is COC1=CC(OC)C(C)C(N(CCN2CCCC2)c2ccc3ncc(-c4cn[nH]c4)nc3c2)=C1. The lowest BCUT2D eigenvalue weighted by molar-refractivity contribution is 0.101. The molecule has 5 rings (SSSR count). The summed E-state index contributed by atoms with van der Waals surface area (Å²) in [6.45, 7) is 6.44. The number of benzene rings is 1. The van der Waals surface area contributed by atoms with Crippen molar-refractivity contribution in [1.29, 1.82) is 0 Å². The zero-order valence-electron chi connectivity index (χ0n) is 20.1. The Morgan fingerprint density at radius 1 is 1.15 bits per heavy atom. The van der Waals surface area contributed by atoms with Crippen molar-refractivity contribution < 1.29 is 9.47 Å². The van der Waals surface area contributed by atoms with E-state index in [4.69, 9.17) is 14.5 Å². The summed E-state index contributed by atoms with van der Waals surface area (Å²) in [4.78, 5) is 14.5. The Labute approximate surface area is 200 Å². The fraction of sp³-hybridized carbons (Fsp3) is 0.423. The van der Waals surface area contributed by atoms with Crippen LogP contribution in [0.25, 0.3) is 22.3 Å². The van der Waals surface area contributed by atoms with Gasteiger partial charge in [-0.2, -0.15) is 5.10 Å². The van der Waals surface area contributed by atoms with Gasteiger partial charge in [-0.25, -0.2) is 4.98 Å². The van der Waals surface area contributed by atoms with Crippen molar-refractivity contribution in [2.75, 3.05) is 45.3 Å². The molecule has 1 N–H and O–H groups in total. The minimum atomic E-state index is -0.0443. The largest absolute Gasteiger partial charge is 0.497 e. The maximum Gasteiger partial charge on any atom is 0.119 e. The first-order valence-corrected chi connectivity index (χ1v) is 11.9. The third-order valence-electron chi connectivity index (χ3n) is 6.87. The zero-order valence-corrected chi connectivity index (χ0v) is 20.1. The van der Waals surface area contributed by atoms with Gasteiger partial charge in [0.1, 0.15) is 5.76 Å². The van der Waals surface area contributed by atoms with Gasteiger partial charge < -0.3 is 19.3 Å². The molecule has 3 heterocycles. The number of ether oxygens (including phenoxy) is 2. The van der Waals surface area contributed by atoms with Gasteiger partial charge in [-0.05, 0) is 56.3 Å². The Morgan fingerprint density at radius 3 is 2.74 bits per heavy atom. The summed E-state index contributed by atoms with van der Waals surface area (Å²) in [6.07, 6.45) is 12.1. The molecular weight excluding hydrogens is 428 g/mol. The average molecular weight is 461 g/mol. The number of H-pyrrole nitrogens is 1. The van der Waals surface area contributed by atoms with Crippen LogP contribution < -0.4 is 4.90 Å². The number of nitrogens with one attached hydrogen (secondary N) is 1. The second-order valence-corrected chi connectivity index (χ2v) is 8.95. The first-order chi connectivity index (χ1) is 16.7. The molecule has 2 unspecified atom stereocenters. The lowest BCUT2D eigenvalue weighted by atomic mass is 9.93. The molecule has 1 fully saturated rings. The Bertz CT molecular complexity index is 1180. The van der Waals surface area contributed by atoms with Crippen LogP contribution in [0.3, 0.4) is 0 Å². The third kappa shape index (κ3) is 4.56. The number of rotatable bonds is 8. The minimum Gasteiger partial charge on any atom is -0.497 e. The number of likely N-dealkylation sites (tertiary alicyclic amines) is 1. The molecule has 8 nitrogen and oxygen atoms in total. The predicted molar refractivity (Wildman–Crippen MR) is 133 cm³/mol. The molecule has 1 saturated heterocycles. The highest BCUT2D eigenvalue weighted by Crippen LogP contribution is 2.33. The zero-order chi connectivity index (χ0) is 23.5. The van der Waals surface area contributed by atoms with E-state index in [-0.39, 0.29) is 12.0 Å². The molecule has 0 radical (unpaired) electrons. The van der Waals surface area contributed by atoms with Gasteiger partial charge in [-0.3, -0.25) is 10.1 Å². The Kier molecular flexibility index (Phi) is 6.60. The summed E-state index contributed by atoms with van der Waals surface area (Å²) in [6, 6.07) is 6.32. The van der Waals surface area contributed by atoms with E-state index in [0.29, 0.717) is 0 Å². The highest BCUT2D eigenvalue weighted by molar-refractivity contribution is 5.81. The summed E-state index contributed by atoms with van der Waals surface area (Å²) in [5.41, 5.74) is 5.73. The van der Waals surface area contributed by atoms with Crippen molar-refractivity contribution in [1.82, 2.24) is 25.1 Å². The molecular formula is C26H32N6O2. The van der Waals surface area contributed by atoms with E-state index in [1.54, 1.807) is 26.6 Å². The molecule has 1 aliphatic heterocycles. The number of hydrogen-bond donors (Lipinski definition) is 1. The maximum atomic E-state index is 5.79. The molecule has 8 heteroatoms. The van der Waals surface area contributed by atoms with Gasteiger partial charge in [0.2, 0.25) is 0 Å². The van der Waals surface area contributed by atoms with Gasteiger partial charge in [0, 0.05) is 49.3 Å². The van der Waals surface area contributed by atoms with Crippen molar-refractivity contribution in [3.8, 4) is 11.3 Å². The number of methoxy groups -OCH3 is 2. The highest BCUT2D eigenvalue weighted by atomic mass is 16.5. The quantitative estimate of drug-likeness (QED) is 0.544. The number of allylic oxidation sites excluding steroid dienone is 1. The smallest absolute Gasteiger partial charge is 0.119 e. The molecule has 0 amide bonds. The van der Waals surface area contributed by atoms with Crippen molar-refractivity contribution in [2.45, 2.75) is 25.9 Å². The Balaban J connectivity index is 1.53. The number of fused-ring (bicyclic) bond motifs is 1. The standard InChI is InChI=1S/C26H32N6O2/c1-18-25(13-21(33-2)14-26(18)34-3)32(11-10-31-8-4-5-9-31)20-6-7-22-23(12-20)30-24(17-27-22)19-15-28-29-16-19/h6-7,12-18,26H,4-5,8-11H2,1-3H3,(H,28,29). The molecule has 3 aromatic rings. The van der Waals surface area contributed by atoms with E-state index in [9.17, 15) is 0 Å². The number of aromatic nitrogens is 4. The van der Waals surface area contributed by atoms with Crippen LogP contribution in [0.15, 0.2) is 60.4 Å². The predicted octanol–water partition coefficient (Wildman–Crippen LogP) is 4.00.